The average molecular weight is 631 g/mol. The number of hydrogen-bond donors (Lipinski definition) is 2. The van der Waals surface area contributed by atoms with Crippen molar-refractivity contribution in [1.82, 2.24) is 19.9 Å². The molecule has 2 N–H and O–H groups in total. The van der Waals surface area contributed by atoms with E-state index in [9.17, 15) is 0 Å². The third-order valence-corrected chi connectivity index (χ3v) is 12.7. The molecule has 3 aromatic heterocycles. The SMILES string of the molecule is C=C1C(=C)C2CCC1c1c2c2cc3nc(cc4[nH]c(cc5nc(cc1[nH]2)C(CC)=C5CC)c1c4C2CCC1C(=C)C2=C)C(CC)=C3CC. The third kappa shape index (κ3) is 3.83. The van der Waals surface area contributed by atoms with E-state index in [2.05, 4.69) is 88.2 Å². The molecule has 0 aromatic carbocycles. The summed E-state index contributed by atoms with van der Waals surface area (Å²) < 4.78 is 0. The molecule has 4 atom stereocenters. The second-order valence-corrected chi connectivity index (χ2v) is 14.7. The van der Waals surface area contributed by atoms with E-state index in [0.717, 1.165) is 74.1 Å². The van der Waals surface area contributed by atoms with Gasteiger partial charge in [0.25, 0.3) is 0 Å². The van der Waals surface area contributed by atoms with Gasteiger partial charge in [0, 0.05) is 45.7 Å². The van der Waals surface area contributed by atoms with Gasteiger partial charge in [-0.05, 0) is 142 Å². The summed E-state index contributed by atoms with van der Waals surface area (Å²) in [5.41, 5.74) is 24.8. The van der Waals surface area contributed by atoms with Crippen LogP contribution in [-0.2, 0) is 0 Å². The molecular weight excluding hydrogens is 585 g/mol. The standard InChI is InChI=1S/C44H46N4/c1-9-25-26(10-2)34-18-38-42-30-15-16-32(24(8)23(30)7)44(42)40(48-38)20-36-28(12-4)27(11-3)35(46-36)19-39-43-31-14-13-29(21(5)22(31)6)41(43)37(47-39)17-33(25)45-34/h17-20,29-32,47-48H,5-16H2,1-4H3. The minimum atomic E-state index is 0.288. The van der Waals surface area contributed by atoms with E-state index < -0.39 is 0 Å². The number of nitrogens with zero attached hydrogens (tertiary/aromatic N) is 2. The maximum atomic E-state index is 5.44. The van der Waals surface area contributed by atoms with Gasteiger partial charge < -0.3 is 9.97 Å². The fourth-order valence-corrected chi connectivity index (χ4v) is 10.4. The summed E-state index contributed by atoms with van der Waals surface area (Å²) in [6.45, 7) is 27.3. The monoisotopic (exact) mass is 630 g/mol. The number of rotatable bonds is 4. The largest absolute Gasteiger partial charge is 0.355 e. The van der Waals surface area contributed by atoms with Crippen LogP contribution in [-0.4, -0.2) is 19.9 Å². The van der Waals surface area contributed by atoms with Crippen molar-refractivity contribution in [2.45, 2.75) is 103 Å². The molecule has 2 aliphatic heterocycles. The predicted octanol–water partition coefficient (Wildman–Crippen LogP) is 12.0. The van der Waals surface area contributed by atoms with Gasteiger partial charge in [0.15, 0.2) is 0 Å². The molecular formula is C44H46N4. The Morgan fingerprint density at radius 3 is 0.896 bits per heavy atom. The Kier molecular flexibility index (Phi) is 6.51. The fourth-order valence-electron chi connectivity index (χ4n) is 10.4. The van der Waals surface area contributed by atoms with Crippen molar-refractivity contribution in [2.75, 3.05) is 0 Å². The van der Waals surface area contributed by atoms with Crippen molar-refractivity contribution in [3.63, 3.8) is 0 Å². The zero-order valence-electron chi connectivity index (χ0n) is 29.0. The molecule has 8 aliphatic rings. The van der Waals surface area contributed by atoms with Gasteiger partial charge in [0.1, 0.15) is 0 Å². The highest BCUT2D eigenvalue weighted by atomic mass is 14.8. The van der Waals surface area contributed by atoms with Crippen molar-refractivity contribution in [3.05, 3.63) is 118 Å². The van der Waals surface area contributed by atoms with Crippen molar-refractivity contribution in [2.24, 2.45) is 0 Å². The highest BCUT2D eigenvalue weighted by Crippen LogP contribution is 2.58. The Hall–Kier alpha value is -4.44. The van der Waals surface area contributed by atoms with Gasteiger partial charge in [-0.2, -0.15) is 0 Å². The molecule has 0 spiro atoms. The molecule has 242 valence electrons. The van der Waals surface area contributed by atoms with Gasteiger partial charge in [-0.15, -0.1) is 0 Å². The highest BCUT2D eigenvalue weighted by molar-refractivity contribution is 5.96. The van der Waals surface area contributed by atoms with E-state index in [1.807, 2.05) is 0 Å². The number of hydrogen-bond acceptors (Lipinski definition) is 2. The summed E-state index contributed by atoms with van der Waals surface area (Å²) in [5.74, 6) is 1.15. The lowest BCUT2D eigenvalue weighted by Crippen LogP contribution is -2.24. The van der Waals surface area contributed by atoms with Crippen LogP contribution in [0.15, 0.2) is 72.9 Å². The quantitative estimate of drug-likeness (QED) is 0.301. The van der Waals surface area contributed by atoms with Crippen LogP contribution < -0.4 is 0 Å². The van der Waals surface area contributed by atoms with E-state index in [-0.39, 0.29) is 23.7 Å². The summed E-state index contributed by atoms with van der Waals surface area (Å²) in [6, 6.07) is 9.36. The summed E-state index contributed by atoms with van der Waals surface area (Å²) in [7, 11) is 0. The van der Waals surface area contributed by atoms with Gasteiger partial charge in [-0.1, -0.05) is 54.0 Å². The van der Waals surface area contributed by atoms with Crippen molar-refractivity contribution in [3.8, 4) is 0 Å². The van der Waals surface area contributed by atoms with Gasteiger partial charge in [0.05, 0.1) is 22.8 Å². The van der Waals surface area contributed by atoms with Gasteiger partial charge in [-0.3, -0.25) is 0 Å². The minimum Gasteiger partial charge on any atom is -0.355 e. The topological polar surface area (TPSA) is 57.4 Å². The first kappa shape index (κ1) is 29.7. The lowest BCUT2D eigenvalue weighted by molar-refractivity contribution is 0.519. The number of H-pyrrole nitrogens is 2. The van der Waals surface area contributed by atoms with Crippen LogP contribution >= 0.6 is 0 Å². The van der Waals surface area contributed by atoms with Gasteiger partial charge in [0.2, 0.25) is 0 Å². The van der Waals surface area contributed by atoms with Crippen LogP contribution in [0, 0.1) is 0 Å². The highest BCUT2D eigenvalue weighted by Gasteiger charge is 2.42. The van der Waals surface area contributed by atoms with Crippen LogP contribution in [0.2, 0.25) is 0 Å². The molecule has 4 unspecified atom stereocenters. The molecule has 3 aromatic rings. The maximum absolute atomic E-state index is 5.44. The normalized spacial score (nSPS) is 24.2. The summed E-state index contributed by atoms with van der Waals surface area (Å²) >= 11 is 0. The first-order valence-corrected chi connectivity index (χ1v) is 18.3. The van der Waals surface area contributed by atoms with E-state index in [1.165, 1.54) is 88.9 Å². The Morgan fingerprint density at radius 1 is 0.458 bits per heavy atom. The molecule has 48 heavy (non-hydrogen) atoms. The molecule has 2 fully saturated rings. The lowest BCUT2D eigenvalue weighted by Gasteiger charge is -2.40. The van der Waals surface area contributed by atoms with Crippen LogP contribution in [0.1, 0.15) is 148 Å². The fraction of sp³-hybridized carbons (Fsp3) is 0.364. The van der Waals surface area contributed by atoms with E-state index in [1.54, 1.807) is 0 Å². The lowest BCUT2D eigenvalue weighted by atomic mass is 9.63. The summed E-state index contributed by atoms with van der Waals surface area (Å²) in [6.07, 6.45) is 8.25. The molecule has 6 aliphatic carbocycles. The van der Waals surface area contributed by atoms with E-state index in [4.69, 9.17) is 9.97 Å². The number of aromatic nitrogens is 4. The average Bonchev–Trinajstić information content (AvgIpc) is 3.83. The summed E-state index contributed by atoms with van der Waals surface area (Å²) in [4.78, 5) is 18.8. The number of allylic oxidation sites excluding steroid dienone is 8. The third-order valence-electron chi connectivity index (χ3n) is 12.7. The molecule has 5 heterocycles. The molecule has 0 radical (unpaired) electrons. The van der Waals surface area contributed by atoms with Crippen LogP contribution in [0.25, 0.3) is 44.4 Å². The van der Waals surface area contributed by atoms with Crippen molar-refractivity contribution in [1.29, 1.82) is 0 Å². The Bertz CT molecular complexity index is 1970. The minimum absolute atomic E-state index is 0.288. The molecule has 4 heteroatoms. The van der Waals surface area contributed by atoms with Gasteiger partial charge in [-0.25, -0.2) is 9.97 Å². The molecule has 4 nitrogen and oxygen atoms in total. The second kappa shape index (κ2) is 10.5. The molecule has 12 bridgehead atoms. The second-order valence-electron chi connectivity index (χ2n) is 14.7. The van der Waals surface area contributed by atoms with Crippen LogP contribution in [0.5, 0.6) is 0 Å². The Balaban J connectivity index is 1.46. The van der Waals surface area contributed by atoms with Crippen molar-refractivity contribution < 1.29 is 0 Å². The van der Waals surface area contributed by atoms with Gasteiger partial charge >= 0.3 is 0 Å². The van der Waals surface area contributed by atoms with Crippen molar-refractivity contribution >= 4 is 44.4 Å². The molecule has 11 rings (SSSR count). The summed E-state index contributed by atoms with van der Waals surface area (Å²) in [5, 5.41) is 0. The van der Waals surface area contributed by atoms with E-state index in [0.29, 0.717) is 0 Å². The predicted molar refractivity (Wildman–Crippen MR) is 202 cm³/mol. The Morgan fingerprint density at radius 2 is 0.688 bits per heavy atom. The first-order chi connectivity index (χ1) is 23.3. The first-order valence-electron chi connectivity index (χ1n) is 18.3. The van der Waals surface area contributed by atoms with Crippen LogP contribution in [0.4, 0.5) is 0 Å². The zero-order chi connectivity index (χ0) is 33.2. The zero-order valence-corrected chi connectivity index (χ0v) is 29.0. The Labute approximate surface area is 284 Å². The van der Waals surface area contributed by atoms with Crippen LogP contribution in [0.3, 0.4) is 0 Å². The molecule has 2 saturated carbocycles. The number of nitrogens with one attached hydrogen (secondary N) is 2. The maximum Gasteiger partial charge on any atom is 0.0693 e. The smallest absolute Gasteiger partial charge is 0.0693 e. The molecule has 0 amide bonds. The van der Waals surface area contributed by atoms with E-state index >= 15 is 0 Å². The number of aromatic amines is 2. The molecule has 0 saturated heterocycles. The number of fused-ring (bicyclic) bond motifs is 12.